The van der Waals surface area contributed by atoms with Crippen molar-refractivity contribution in [3.63, 3.8) is 0 Å². The van der Waals surface area contributed by atoms with Crippen LogP contribution in [0.15, 0.2) is 48.7 Å². The normalized spacial score (nSPS) is 11.1. The lowest BCUT2D eigenvalue weighted by molar-refractivity contribution is 0.0699. The van der Waals surface area contributed by atoms with Crippen LogP contribution in [-0.2, 0) is 0 Å². The molecule has 4 rings (SSSR count). The topological polar surface area (TPSA) is 68.0 Å². The van der Waals surface area contributed by atoms with Gasteiger partial charge < -0.3 is 5.11 Å². The van der Waals surface area contributed by atoms with E-state index < -0.39 is 5.97 Å². The smallest absolute Gasteiger partial charge is 0.336 e. The summed E-state index contributed by atoms with van der Waals surface area (Å²) in [4.78, 5) is 16.5. The van der Waals surface area contributed by atoms with E-state index in [0.29, 0.717) is 21.6 Å². The summed E-state index contributed by atoms with van der Waals surface area (Å²) in [7, 11) is 0. The Hall–Kier alpha value is -3.18. The monoisotopic (exact) mass is 391 g/mol. The highest BCUT2D eigenvalue weighted by atomic mass is 35.5. The van der Waals surface area contributed by atoms with Gasteiger partial charge in [-0.2, -0.15) is 5.10 Å². The molecule has 140 valence electrons. The third-order valence-electron chi connectivity index (χ3n) is 4.88. The summed E-state index contributed by atoms with van der Waals surface area (Å²) >= 11 is 6.04. The van der Waals surface area contributed by atoms with Crippen LogP contribution < -0.4 is 0 Å². The van der Waals surface area contributed by atoms with Crippen molar-refractivity contribution >= 4 is 28.5 Å². The molecule has 4 aromatic rings. The second-order valence-electron chi connectivity index (χ2n) is 6.87. The Morgan fingerprint density at radius 2 is 1.86 bits per heavy atom. The van der Waals surface area contributed by atoms with Gasteiger partial charge >= 0.3 is 5.97 Å². The van der Waals surface area contributed by atoms with Crippen LogP contribution in [-0.4, -0.2) is 25.8 Å². The van der Waals surface area contributed by atoms with Crippen molar-refractivity contribution in [2.75, 3.05) is 0 Å². The lowest BCUT2D eigenvalue weighted by Crippen LogP contribution is -2.03. The second-order valence-corrected chi connectivity index (χ2v) is 7.30. The van der Waals surface area contributed by atoms with E-state index in [4.69, 9.17) is 11.6 Å². The Labute approximate surface area is 167 Å². The zero-order valence-electron chi connectivity index (χ0n) is 15.7. The minimum absolute atomic E-state index is 0.168. The maximum absolute atomic E-state index is 11.8. The van der Waals surface area contributed by atoms with Gasteiger partial charge in [-0.3, -0.25) is 0 Å². The van der Waals surface area contributed by atoms with Gasteiger partial charge in [0.1, 0.15) is 0 Å². The first-order chi connectivity index (χ1) is 13.3. The van der Waals surface area contributed by atoms with E-state index in [-0.39, 0.29) is 5.56 Å². The van der Waals surface area contributed by atoms with Crippen molar-refractivity contribution in [2.24, 2.45) is 0 Å². The fraction of sp³-hybridized carbons (Fsp3) is 0.136. The highest BCUT2D eigenvalue weighted by Crippen LogP contribution is 2.30. The molecule has 0 atom stereocenters. The van der Waals surface area contributed by atoms with Crippen LogP contribution in [0.3, 0.4) is 0 Å². The molecule has 28 heavy (non-hydrogen) atoms. The molecule has 0 aliphatic heterocycles. The fourth-order valence-corrected chi connectivity index (χ4v) is 3.54. The number of benzene rings is 2. The highest BCUT2D eigenvalue weighted by molar-refractivity contribution is 6.31. The molecule has 0 saturated heterocycles. The molecule has 2 aromatic heterocycles. The zero-order chi connectivity index (χ0) is 20.0. The second kappa shape index (κ2) is 6.77. The standard InChI is InChI=1S/C22H18ClN3O2/c1-12-4-5-13(2)21(8-12)26-14(3)18(11-24-26)20-10-17(22(27)28)16-9-15(23)6-7-19(16)25-20/h4-11H,1-3H3,(H,27,28). The number of aryl methyl sites for hydroxylation is 2. The minimum Gasteiger partial charge on any atom is -0.478 e. The van der Waals surface area contributed by atoms with Crippen LogP contribution in [0, 0.1) is 20.8 Å². The van der Waals surface area contributed by atoms with Gasteiger partial charge in [0.25, 0.3) is 0 Å². The van der Waals surface area contributed by atoms with E-state index in [1.165, 1.54) is 0 Å². The van der Waals surface area contributed by atoms with Crippen molar-refractivity contribution in [3.8, 4) is 16.9 Å². The molecule has 5 nitrogen and oxygen atoms in total. The summed E-state index contributed by atoms with van der Waals surface area (Å²) in [6, 6.07) is 12.9. The summed E-state index contributed by atoms with van der Waals surface area (Å²) in [5, 5.41) is 15.2. The molecule has 0 bridgehead atoms. The molecular weight excluding hydrogens is 374 g/mol. The zero-order valence-corrected chi connectivity index (χ0v) is 16.4. The van der Waals surface area contributed by atoms with Crippen molar-refractivity contribution in [1.29, 1.82) is 0 Å². The van der Waals surface area contributed by atoms with E-state index in [0.717, 1.165) is 28.1 Å². The first kappa shape index (κ1) is 18.2. The summed E-state index contributed by atoms with van der Waals surface area (Å²) in [5.74, 6) is -1.02. The Balaban J connectivity index is 1.92. The number of carboxylic acids is 1. The van der Waals surface area contributed by atoms with E-state index in [2.05, 4.69) is 28.3 Å². The average Bonchev–Trinajstić information content (AvgIpc) is 3.04. The molecule has 0 radical (unpaired) electrons. The number of carbonyl (C=O) groups is 1. The number of rotatable bonds is 3. The number of hydrogen-bond donors (Lipinski definition) is 1. The molecule has 2 aromatic carbocycles. The van der Waals surface area contributed by atoms with E-state index >= 15 is 0 Å². The maximum atomic E-state index is 11.8. The molecular formula is C22H18ClN3O2. The number of pyridine rings is 1. The molecule has 0 unspecified atom stereocenters. The van der Waals surface area contributed by atoms with Gasteiger partial charge in [0.05, 0.1) is 34.4 Å². The number of fused-ring (bicyclic) bond motifs is 1. The van der Waals surface area contributed by atoms with Crippen molar-refractivity contribution in [1.82, 2.24) is 14.8 Å². The van der Waals surface area contributed by atoms with Gasteiger partial charge in [-0.25, -0.2) is 14.5 Å². The van der Waals surface area contributed by atoms with Crippen molar-refractivity contribution in [2.45, 2.75) is 20.8 Å². The number of aromatic carboxylic acids is 1. The Kier molecular flexibility index (Phi) is 4.40. The first-order valence-corrected chi connectivity index (χ1v) is 9.19. The molecule has 1 N–H and O–H groups in total. The van der Waals surface area contributed by atoms with Crippen LogP contribution in [0.4, 0.5) is 0 Å². The lowest BCUT2D eigenvalue weighted by atomic mass is 10.0. The Bertz CT molecular complexity index is 1240. The van der Waals surface area contributed by atoms with Crippen molar-refractivity contribution < 1.29 is 9.90 Å². The lowest BCUT2D eigenvalue weighted by Gasteiger charge is -2.11. The van der Waals surface area contributed by atoms with Gasteiger partial charge in [0.15, 0.2) is 0 Å². The van der Waals surface area contributed by atoms with Crippen LogP contribution in [0.5, 0.6) is 0 Å². The SMILES string of the molecule is Cc1ccc(C)c(-n2ncc(-c3cc(C(=O)O)c4cc(Cl)ccc4n3)c2C)c1. The van der Waals surface area contributed by atoms with E-state index in [1.807, 2.05) is 25.5 Å². The number of halogens is 1. The Morgan fingerprint density at radius 1 is 1.07 bits per heavy atom. The number of carboxylic acid groups (broad SMARTS) is 1. The van der Waals surface area contributed by atoms with Gasteiger partial charge in [0, 0.05) is 16.0 Å². The first-order valence-electron chi connectivity index (χ1n) is 8.81. The van der Waals surface area contributed by atoms with Crippen LogP contribution in [0.2, 0.25) is 5.02 Å². The quantitative estimate of drug-likeness (QED) is 0.510. The van der Waals surface area contributed by atoms with Gasteiger partial charge in [0.2, 0.25) is 0 Å². The number of nitrogens with zero attached hydrogens (tertiary/aromatic N) is 3. The van der Waals surface area contributed by atoms with E-state index in [9.17, 15) is 9.90 Å². The predicted octanol–water partition coefficient (Wildman–Crippen LogP) is 5.36. The van der Waals surface area contributed by atoms with Gasteiger partial charge in [-0.15, -0.1) is 0 Å². The number of hydrogen-bond acceptors (Lipinski definition) is 3. The summed E-state index contributed by atoms with van der Waals surface area (Å²) in [6.07, 6.45) is 1.73. The highest BCUT2D eigenvalue weighted by Gasteiger charge is 2.17. The van der Waals surface area contributed by atoms with Crippen LogP contribution in [0.25, 0.3) is 27.8 Å². The molecule has 0 aliphatic rings. The minimum atomic E-state index is -1.02. The molecule has 0 fully saturated rings. The Morgan fingerprint density at radius 3 is 2.61 bits per heavy atom. The van der Waals surface area contributed by atoms with Gasteiger partial charge in [-0.1, -0.05) is 23.7 Å². The molecule has 0 saturated carbocycles. The molecule has 6 heteroatoms. The summed E-state index contributed by atoms with van der Waals surface area (Å²) in [6.45, 7) is 6.03. The van der Waals surface area contributed by atoms with Crippen LogP contribution in [0.1, 0.15) is 27.2 Å². The third kappa shape index (κ3) is 3.04. The molecule has 0 aliphatic carbocycles. The fourth-order valence-electron chi connectivity index (χ4n) is 3.36. The van der Waals surface area contributed by atoms with Crippen molar-refractivity contribution in [3.05, 3.63) is 76.1 Å². The third-order valence-corrected chi connectivity index (χ3v) is 5.11. The summed E-state index contributed by atoms with van der Waals surface area (Å²) < 4.78 is 1.87. The molecule has 0 amide bonds. The van der Waals surface area contributed by atoms with E-state index in [1.54, 1.807) is 30.5 Å². The van der Waals surface area contributed by atoms with Crippen LogP contribution >= 0.6 is 11.6 Å². The average molecular weight is 392 g/mol. The molecule has 0 spiro atoms. The number of aromatic nitrogens is 3. The largest absolute Gasteiger partial charge is 0.478 e. The predicted molar refractivity (Wildman–Crippen MR) is 110 cm³/mol. The molecule has 2 heterocycles. The maximum Gasteiger partial charge on any atom is 0.336 e. The summed E-state index contributed by atoms with van der Waals surface area (Å²) in [5.41, 5.74) is 6.25. The van der Waals surface area contributed by atoms with Gasteiger partial charge in [-0.05, 0) is 62.2 Å².